The average Bonchev–Trinajstić information content (AvgIpc) is 2.26. The monoisotopic (exact) mass is 184 g/mol. The Morgan fingerprint density at radius 3 is 1.67 bits per heavy atom. The van der Waals surface area contributed by atoms with Crippen LogP contribution in [0.3, 0.4) is 0 Å². The molecule has 0 saturated heterocycles. The van der Waals surface area contributed by atoms with Gasteiger partial charge < -0.3 is 0 Å². The Morgan fingerprint density at radius 2 is 1.13 bits per heavy atom. The molecule has 0 spiro atoms. The van der Waals surface area contributed by atoms with Crippen LogP contribution in [-0.2, 0) is 0 Å². The van der Waals surface area contributed by atoms with Crippen LogP contribution in [0.2, 0.25) is 0 Å². The van der Waals surface area contributed by atoms with E-state index >= 15 is 0 Å². The zero-order valence-corrected chi connectivity index (χ0v) is 8.70. The summed E-state index contributed by atoms with van der Waals surface area (Å²) in [7, 11) is 0. The van der Waals surface area contributed by atoms with Crippen LogP contribution >= 0.6 is 0 Å². The Hall–Kier alpha value is -1.22. The summed E-state index contributed by atoms with van der Waals surface area (Å²) in [6, 6.07) is 22.3. The van der Waals surface area contributed by atoms with Gasteiger partial charge in [0.05, 0.1) is 0 Å². The minimum absolute atomic E-state index is 0. The largest absolute Gasteiger partial charge is 1.00 e. The summed E-state index contributed by atoms with van der Waals surface area (Å²) in [5, 5.41) is 4.88. The van der Waals surface area contributed by atoms with Gasteiger partial charge in [0.1, 0.15) is 0 Å². The van der Waals surface area contributed by atoms with Gasteiger partial charge in [0.2, 0.25) is 0 Å². The Bertz CT molecular complexity index is 494. The first-order valence-corrected chi connectivity index (χ1v) is 4.73. The second-order valence-corrected chi connectivity index (χ2v) is 3.44. The number of benzene rings is 3. The van der Waals surface area contributed by atoms with Gasteiger partial charge in [-0.1, -0.05) is 47.2 Å². The van der Waals surface area contributed by atoms with Gasteiger partial charge >= 0.3 is 18.9 Å². The molecular formula is C14H9Li. The van der Waals surface area contributed by atoms with Crippen molar-refractivity contribution in [2.45, 2.75) is 0 Å². The molecule has 0 aromatic heterocycles. The zero-order chi connectivity index (χ0) is 9.38. The molecule has 15 heavy (non-hydrogen) atoms. The van der Waals surface area contributed by atoms with Crippen molar-refractivity contribution in [1.82, 2.24) is 0 Å². The molecule has 3 rings (SSSR count). The van der Waals surface area contributed by atoms with E-state index < -0.39 is 0 Å². The molecule has 0 unspecified atom stereocenters. The molecule has 1 heteroatoms. The molecule has 3 aromatic carbocycles. The first-order valence-electron chi connectivity index (χ1n) is 4.73. The van der Waals surface area contributed by atoms with E-state index in [2.05, 4.69) is 48.5 Å². The van der Waals surface area contributed by atoms with Crippen molar-refractivity contribution in [3.63, 3.8) is 0 Å². The summed E-state index contributed by atoms with van der Waals surface area (Å²) < 4.78 is 0. The van der Waals surface area contributed by atoms with Gasteiger partial charge in [-0.3, -0.25) is 0 Å². The van der Waals surface area contributed by atoms with E-state index in [1.165, 1.54) is 21.5 Å². The van der Waals surface area contributed by atoms with Crippen molar-refractivity contribution in [2.24, 2.45) is 0 Å². The van der Waals surface area contributed by atoms with Gasteiger partial charge in [-0.2, -0.15) is 0 Å². The van der Waals surface area contributed by atoms with E-state index in [0.29, 0.717) is 0 Å². The minimum Gasteiger partial charge on any atom is -0.118 e. The second-order valence-electron chi connectivity index (χ2n) is 3.44. The SMILES string of the molecule is [Li+].[c-]1c2ccccc2cc2ccccc12. The average molecular weight is 184 g/mol. The first-order chi connectivity index (χ1) is 6.93. The summed E-state index contributed by atoms with van der Waals surface area (Å²) in [5.41, 5.74) is 0. The molecule has 3 aromatic rings. The quantitative estimate of drug-likeness (QED) is 0.275. The van der Waals surface area contributed by atoms with Crippen LogP contribution in [0.1, 0.15) is 0 Å². The molecule has 66 valence electrons. The number of hydrogen-bond acceptors (Lipinski definition) is 0. The van der Waals surface area contributed by atoms with Gasteiger partial charge in [-0.25, -0.2) is 0 Å². The molecule has 0 aliphatic rings. The summed E-state index contributed by atoms with van der Waals surface area (Å²) >= 11 is 0. The van der Waals surface area contributed by atoms with Crippen molar-refractivity contribution >= 4 is 21.5 Å². The van der Waals surface area contributed by atoms with E-state index in [1.807, 2.05) is 12.1 Å². The Kier molecular flexibility index (Phi) is 2.82. The fourth-order valence-electron chi connectivity index (χ4n) is 1.79. The summed E-state index contributed by atoms with van der Waals surface area (Å²) in [4.78, 5) is 0. The van der Waals surface area contributed by atoms with Gasteiger partial charge in [-0.15, -0.1) is 35.0 Å². The van der Waals surface area contributed by atoms with Crippen LogP contribution in [0.15, 0.2) is 54.6 Å². The van der Waals surface area contributed by atoms with E-state index in [-0.39, 0.29) is 18.9 Å². The normalized spacial score (nSPS) is 10.1. The van der Waals surface area contributed by atoms with E-state index in [1.54, 1.807) is 0 Å². The molecule has 0 amide bonds. The molecule has 0 aliphatic carbocycles. The van der Waals surface area contributed by atoms with Crippen molar-refractivity contribution < 1.29 is 18.9 Å². The third-order valence-corrected chi connectivity index (χ3v) is 2.50. The molecule has 0 nitrogen and oxygen atoms in total. The molecular weight excluding hydrogens is 175 g/mol. The van der Waals surface area contributed by atoms with E-state index in [9.17, 15) is 0 Å². The summed E-state index contributed by atoms with van der Waals surface area (Å²) in [5.74, 6) is 0. The molecule has 0 saturated carbocycles. The van der Waals surface area contributed by atoms with Crippen LogP contribution in [0.5, 0.6) is 0 Å². The smallest absolute Gasteiger partial charge is 0.118 e. The molecule has 0 bridgehead atoms. The van der Waals surface area contributed by atoms with E-state index in [0.717, 1.165) is 0 Å². The Balaban J connectivity index is 0.000000853. The van der Waals surface area contributed by atoms with Crippen molar-refractivity contribution in [1.29, 1.82) is 0 Å². The van der Waals surface area contributed by atoms with E-state index in [4.69, 9.17) is 0 Å². The number of fused-ring (bicyclic) bond motifs is 2. The molecule has 0 fully saturated rings. The second kappa shape index (κ2) is 4.11. The predicted octanol–water partition coefficient (Wildman–Crippen LogP) is 0.797. The van der Waals surface area contributed by atoms with Crippen LogP contribution in [0, 0.1) is 6.07 Å². The zero-order valence-electron chi connectivity index (χ0n) is 8.70. The van der Waals surface area contributed by atoms with Crippen LogP contribution in [-0.4, -0.2) is 0 Å². The Labute approximate surface area is 101 Å². The summed E-state index contributed by atoms with van der Waals surface area (Å²) in [6.07, 6.45) is 0. The molecule has 0 N–H and O–H groups in total. The topological polar surface area (TPSA) is 0 Å². The fourth-order valence-corrected chi connectivity index (χ4v) is 1.79. The molecule has 0 heterocycles. The van der Waals surface area contributed by atoms with Crippen molar-refractivity contribution in [2.75, 3.05) is 0 Å². The van der Waals surface area contributed by atoms with Crippen molar-refractivity contribution in [3.05, 3.63) is 60.7 Å². The molecule has 0 aliphatic heterocycles. The van der Waals surface area contributed by atoms with Gasteiger partial charge in [-0.05, 0) is 0 Å². The van der Waals surface area contributed by atoms with Crippen LogP contribution < -0.4 is 18.9 Å². The van der Waals surface area contributed by atoms with Crippen LogP contribution in [0.4, 0.5) is 0 Å². The molecule has 0 atom stereocenters. The Morgan fingerprint density at radius 1 is 0.667 bits per heavy atom. The minimum atomic E-state index is 0. The number of hydrogen-bond donors (Lipinski definition) is 0. The maximum absolute atomic E-state index is 3.41. The molecule has 0 radical (unpaired) electrons. The maximum atomic E-state index is 3.41. The van der Waals surface area contributed by atoms with Crippen LogP contribution in [0.25, 0.3) is 21.5 Å². The number of rotatable bonds is 0. The first kappa shape index (κ1) is 10.3. The third kappa shape index (κ3) is 1.79. The van der Waals surface area contributed by atoms with Gasteiger partial charge in [0, 0.05) is 0 Å². The standard InChI is InChI=1S/C14H9.Li/c1-2-6-12-10-14-8-4-3-7-13(14)9-11(12)5-1;/h1-9H;/q-1;+1. The maximum Gasteiger partial charge on any atom is 1.00 e. The van der Waals surface area contributed by atoms with Gasteiger partial charge in [0.25, 0.3) is 0 Å². The van der Waals surface area contributed by atoms with Gasteiger partial charge in [0.15, 0.2) is 0 Å². The fraction of sp³-hybridized carbons (Fsp3) is 0. The summed E-state index contributed by atoms with van der Waals surface area (Å²) in [6.45, 7) is 0. The third-order valence-electron chi connectivity index (χ3n) is 2.50. The van der Waals surface area contributed by atoms with Crippen molar-refractivity contribution in [3.8, 4) is 0 Å². The predicted molar refractivity (Wildman–Crippen MR) is 60.3 cm³/mol.